The number of amides is 1. The Bertz CT molecular complexity index is 1460. The second kappa shape index (κ2) is 11.6. The highest BCUT2D eigenvalue weighted by atomic mass is 32.1. The van der Waals surface area contributed by atoms with E-state index in [-0.39, 0.29) is 39.3 Å². The predicted molar refractivity (Wildman–Crippen MR) is 144 cm³/mol. The van der Waals surface area contributed by atoms with Crippen LogP contribution < -0.4 is 14.4 Å². The number of ketones is 1. The average molecular weight is 553 g/mol. The second-order valence-corrected chi connectivity index (χ2v) is 9.59. The average Bonchev–Trinajstić information content (AvgIpc) is 3.44. The summed E-state index contributed by atoms with van der Waals surface area (Å²) in [5.41, 5.74) is 0.790. The molecular weight excluding hydrogens is 524 g/mol. The summed E-state index contributed by atoms with van der Waals surface area (Å²) in [5, 5.41) is 21.6. The Morgan fingerprint density at radius 2 is 1.92 bits per heavy atom. The number of aromatic hydroxyl groups is 1. The lowest BCUT2D eigenvalue weighted by Gasteiger charge is -2.23. The minimum atomic E-state index is -1.14. The highest BCUT2D eigenvalue weighted by Crippen LogP contribution is 2.45. The molecule has 0 aliphatic carbocycles. The van der Waals surface area contributed by atoms with Crippen LogP contribution in [0.1, 0.15) is 52.8 Å². The Morgan fingerprint density at radius 3 is 2.62 bits per heavy atom. The van der Waals surface area contributed by atoms with Gasteiger partial charge >= 0.3 is 11.9 Å². The Labute approximate surface area is 229 Å². The molecule has 1 saturated heterocycles. The minimum Gasteiger partial charge on any atom is -0.507 e. The number of carbonyl (C=O) groups excluding carboxylic acids is 3. The molecule has 1 unspecified atom stereocenters. The molecule has 2 aromatic carbocycles. The molecule has 39 heavy (non-hydrogen) atoms. The molecule has 1 fully saturated rings. The number of Topliss-reactive ketones (excluding diaryl/α,β-unsaturated/α-hetero) is 1. The van der Waals surface area contributed by atoms with Crippen LogP contribution in [0.5, 0.6) is 17.2 Å². The number of methoxy groups -OCH3 is 1. The maximum absolute atomic E-state index is 13.5. The van der Waals surface area contributed by atoms with Gasteiger partial charge in [0.1, 0.15) is 16.4 Å². The first-order chi connectivity index (χ1) is 18.7. The van der Waals surface area contributed by atoms with Crippen molar-refractivity contribution in [2.45, 2.75) is 33.2 Å². The highest BCUT2D eigenvalue weighted by Gasteiger charge is 2.48. The monoisotopic (exact) mass is 552 g/mol. The summed E-state index contributed by atoms with van der Waals surface area (Å²) < 4.78 is 16.0. The second-order valence-electron chi connectivity index (χ2n) is 8.61. The molecular formula is C28H28N2O8S. The van der Waals surface area contributed by atoms with Crippen LogP contribution in [0.15, 0.2) is 48.0 Å². The van der Waals surface area contributed by atoms with Crippen molar-refractivity contribution in [1.82, 2.24) is 4.98 Å². The Morgan fingerprint density at radius 1 is 1.15 bits per heavy atom. The molecule has 4 rings (SSSR count). The number of aliphatic hydroxyl groups is 1. The van der Waals surface area contributed by atoms with E-state index in [1.54, 1.807) is 38.1 Å². The largest absolute Gasteiger partial charge is 0.507 e. The molecule has 1 aromatic heterocycles. The van der Waals surface area contributed by atoms with Crippen molar-refractivity contribution in [3.8, 4) is 17.2 Å². The van der Waals surface area contributed by atoms with Crippen LogP contribution >= 0.6 is 11.3 Å². The van der Waals surface area contributed by atoms with Crippen molar-refractivity contribution in [3.63, 3.8) is 0 Å². The number of anilines is 1. The first kappa shape index (κ1) is 27.6. The third kappa shape index (κ3) is 5.30. The molecule has 204 valence electrons. The molecule has 0 radical (unpaired) electrons. The van der Waals surface area contributed by atoms with Crippen LogP contribution in [0.3, 0.4) is 0 Å². The number of carbonyl (C=O) groups is 3. The van der Waals surface area contributed by atoms with E-state index >= 15 is 0 Å². The summed E-state index contributed by atoms with van der Waals surface area (Å²) in [6.07, 6.45) is 0.783. The van der Waals surface area contributed by atoms with E-state index in [1.807, 2.05) is 6.92 Å². The molecule has 11 heteroatoms. The van der Waals surface area contributed by atoms with Gasteiger partial charge < -0.3 is 24.4 Å². The number of hydrogen-bond donors (Lipinski definition) is 2. The van der Waals surface area contributed by atoms with E-state index in [4.69, 9.17) is 14.2 Å². The third-order valence-electron chi connectivity index (χ3n) is 6.00. The maximum atomic E-state index is 13.5. The molecule has 1 amide bonds. The van der Waals surface area contributed by atoms with E-state index in [0.29, 0.717) is 23.6 Å². The van der Waals surface area contributed by atoms with Gasteiger partial charge in [-0.2, -0.15) is 0 Å². The van der Waals surface area contributed by atoms with Crippen LogP contribution in [0.25, 0.3) is 5.76 Å². The molecule has 0 spiro atoms. The number of rotatable bonds is 9. The zero-order valence-corrected chi connectivity index (χ0v) is 22.7. The van der Waals surface area contributed by atoms with E-state index < -0.39 is 29.5 Å². The van der Waals surface area contributed by atoms with Crippen molar-refractivity contribution in [1.29, 1.82) is 0 Å². The van der Waals surface area contributed by atoms with Gasteiger partial charge in [-0.3, -0.25) is 14.5 Å². The molecule has 3 aromatic rings. The Kier molecular flexibility index (Phi) is 8.20. The molecule has 1 aliphatic rings. The topological polar surface area (TPSA) is 135 Å². The Balaban J connectivity index is 1.91. The summed E-state index contributed by atoms with van der Waals surface area (Å²) in [4.78, 5) is 45.1. The number of thiazole rings is 1. The number of benzene rings is 2. The van der Waals surface area contributed by atoms with Crippen molar-refractivity contribution in [2.24, 2.45) is 0 Å². The molecule has 2 N–H and O–H groups in total. The third-order valence-corrected chi connectivity index (χ3v) is 7.13. The minimum absolute atomic E-state index is 0.0776. The lowest BCUT2D eigenvalue weighted by atomic mass is 9.95. The van der Waals surface area contributed by atoms with Gasteiger partial charge in [-0.25, -0.2) is 9.78 Å². The van der Waals surface area contributed by atoms with E-state index in [9.17, 15) is 24.6 Å². The quantitative estimate of drug-likeness (QED) is 0.167. The van der Waals surface area contributed by atoms with Gasteiger partial charge in [-0.05, 0) is 50.1 Å². The molecule has 0 bridgehead atoms. The number of ether oxygens (including phenoxy) is 3. The molecule has 10 nitrogen and oxygen atoms in total. The first-order valence-corrected chi connectivity index (χ1v) is 13.1. The summed E-state index contributed by atoms with van der Waals surface area (Å²) in [5.74, 6) is -2.42. The SMILES string of the molecule is CCCOc1cccc(C(O)=C2C(=O)C(=O)N(c3nc(C)c(C(=O)OCC)s3)C2c2ccc(O)c(OC)c2)c1. The number of aromatic nitrogens is 1. The summed E-state index contributed by atoms with van der Waals surface area (Å²) in [6.45, 7) is 5.86. The number of nitrogens with zero attached hydrogens (tertiary/aromatic N) is 2. The van der Waals surface area contributed by atoms with Gasteiger partial charge in [0.05, 0.1) is 37.6 Å². The molecule has 2 heterocycles. The first-order valence-electron chi connectivity index (χ1n) is 12.3. The van der Waals surface area contributed by atoms with Gasteiger partial charge in [-0.1, -0.05) is 36.5 Å². The lowest BCUT2D eigenvalue weighted by Crippen LogP contribution is -2.29. The van der Waals surface area contributed by atoms with Crippen LogP contribution in [-0.2, 0) is 14.3 Å². The zero-order valence-electron chi connectivity index (χ0n) is 21.9. The van der Waals surface area contributed by atoms with Crippen LogP contribution in [0.4, 0.5) is 5.13 Å². The van der Waals surface area contributed by atoms with Gasteiger partial charge in [-0.15, -0.1) is 0 Å². The number of hydrogen-bond acceptors (Lipinski definition) is 10. The highest BCUT2D eigenvalue weighted by molar-refractivity contribution is 7.17. The fourth-order valence-electron chi connectivity index (χ4n) is 4.19. The van der Waals surface area contributed by atoms with E-state index in [0.717, 1.165) is 22.7 Å². The van der Waals surface area contributed by atoms with Crippen molar-refractivity contribution >= 4 is 39.9 Å². The molecule has 1 aliphatic heterocycles. The van der Waals surface area contributed by atoms with Crippen LogP contribution in [0.2, 0.25) is 0 Å². The van der Waals surface area contributed by atoms with Gasteiger partial charge in [0.25, 0.3) is 5.78 Å². The number of aliphatic hydroxyl groups excluding tert-OH is 1. The van der Waals surface area contributed by atoms with E-state index in [1.165, 1.54) is 25.3 Å². The van der Waals surface area contributed by atoms with Gasteiger partial charge in [0.2, 0.25) is 0 Å². The lowest BCUT2D eigenvalue weighted by molar-refractivity contribution is -0.132. The maximum Gasteiger partial charge on any atom is 0.350 e. The van der Waals surface area contributed by atoms with E-state index in [2.05, 4.69) is 4.98 Å². The number of phenolic OH excluding ortho intramolecular Hbond substituents is 1. The number of esters is 1. The zero-order chi connectivity index (χ0) is 28.3. The predicted octanol–water partition coefficient (Wildman–Crippen LogP) is 4.76. The normalized spacial score (nSPS) is 16.4. The fourth-order valence-corrected chi connectivity index (χ4v) is 5.18. The molecule has 0 saturated carbocycles. The summed E-state index contributed by atoms with van der Waals surface area (Å²) in [6, 6.07) is 9.79. The van der Waals surface area contributed by atoms with Gasteiger partial charge in [0.15, 0.2) is 16.6 Å². The standard InChI is InChI=1S/C28H28N2O8S/c1-5-12-38-18-9-7-8-17(13-18)23(32)21-22(16-10-11-19(31)20(14-16)36-4)30(26(34)24(21)33)28-29-15(3)25(39-28)27(35)37-6-2/h7-11,13-14,22,31-32H,5-6,12H2,1-4H3. The summed E-state index contributed by atoms with van der Waals surface area (Å²) in [7, 11) is 1.37. The van der Waals surface area contributed by atoms with Crippen molar-refractivity contribution in [3.05, 3.63) is 69.7 Å². The van der Waals surface area contributed by atoms with Gasteiger partial charge in [0, 0.05) is 5.56 Å². The Hall–Kier alpha value is -4.38. The van der Waals surface area contributed by atoms with Crippen molar-refractivity contribution < 1.29 is 38.8 Å². The number of aryl methyl sites for hydroxylation is 1. The van der Waals surface area contributed by atoms with Crippen molar-refractivity contribution in [2.75, 3.05) is 25.2 Å². The number of phenols is 1. The fraction of sp³-hybridized carbons (Fsp3) is 0.286. The molecule has 1 atom stereocenters. The summed E-state index contributed by atoms with van der Waals surface area (Å²) >= 11 is 0.906. The van der Waals surface area contributed by atoms with Crippen LogP contribution in [0, 0.1) is 6.92 Å². The van der Waals surface area contributed by atoms with Crippen LogP contribution in [-0.4, -0.2) is 53.2 Å². The smallest absolute Gasteiger partial charge is 0.350 e.